The Balaban J connectivity index is 2.76. The zero-order valence-corrected chi connectivity index (χ0v) is 4.57. The fourth-order valence-corrected chi connectivity index (χ4v) is 0.539. The molecule has 0 aromatic carbocycles. The average molecular weight is 113 g/mol. The van der Waals surface area contributed by atoms with Gasteiger partial charge in [-0.1, -0.05) is 12.6 Å². The molecule has 1 aromatic rings. The van der Waals surface area contributed by atoms with E-state index in [0.29, 0.717) is 5.75 Å². The lowest BCUT2D eigenvalue weighted by molar-refractivity contribution is 0.565. The molecule has 0 saturated carbocycles. The molecular weight excluding hydrogens is 108 g/mol. The van der Waals surface area contributed by atoms with Crippen molar-refractivity contribution in [2.45, 2.75) is 5.75 Å². The van der Waals surface area contributed by atoms with Crippen LogP contribution in [-0.2, 0) is 5.75 Å². The van der Waals surface area contributed by atoms with Gasteiger partial charge in [0.2, 0.25) is 0 Å². The molecule has 7 heavy (non-hydrogen) atoms. The van der Waals surface area contributed by atoms with Gasteiger partial charge in [0.1, 0.15) is 0 Å². The lowest BCUT2D eigenvalue weighted by Crippen LogP contribution is -1.62. The fourth-order valence-electron chi connectivity index (χ4n) is 0.375. The highest BCUT2D eigenvalue weighted by molar-refractivity contribution is 7.79. The maximum absolute atomic E-state index is 4.74. The van der Waals surface area contributed by atoms with Crippen LogP contribution in [0.1, 0.15) is 5.56 Å². The third-order valence-corrected chi connectivity index (χ3v) is 1.08. The van der Waals surface area contributed by atoms with Crippen molar-refractivity contribution in [1.29, 1.82) is 0 Å². The van der Waals surface area contributed by atoms with Crippen molar-refractivity contribution in [3.05, 3.63) is 24.2 Å². The van der Waals surface area contributed by atoms with E-state index in [2.05, 4.69) is 0 Å². The first-order chi connectivity index (χ1) is 3.43. The monoisotopic (exact) mass is 113 g/mol. The molecule has 0 amide bonds. The molecule has 1 rings (SSSR count). The van der Waals surface area contributed by atoms with Crippen LogP contribution in [0.3, 0.4) is 0 Å². The highest BCUT2D eigenvalue weighted by atomic mass is 32.1. The Morgan fingerprint density at radius 2 is 2.57 bits per heavy atom. The number of rotatable bonds is 1. The van der Waals surface area contributed by atoms with Crippen LogP contribution in [0.5, 0.6) is 0 Å². The number of furan rings is 1. The van der Waals surface area contributed by atoms with E-state index in [-0.39, 0.29) is 0 Å². The predicted molar refractivity (Wildman–Crippen MR) is 30.0 cm³/mol. The average Bonchev–Trinajstić information content (AvgIpc) is 2.14. The summed E-state index contributed by atoms with van der Waals surface area (Å²) in [6, 6.07) is 1.87. The SMILES string of the molecule is [S]Cc1ccoc1. The molecule has 37 valence electrons. The highest BCUT2D eigenvalue weighted by Crippen LogP contribution is 2.01. The molecule has 1 heterocycles. The summed E-state index contributed by atoms with van der Waals surface area (Å²) < 4.78 is 4.74. The van der Waals surface area contributed by atoms with Gasteiger partial charge in [0.25, 0.3) is 0 Å². The van der Waals surface area contributed by atoms with E-state index in [1.165, 1.54) is 0 Å². The van der Waals surface area contributed by atoms with E-state index in [9.17, 15) is 0 Å². The van der Waals surface area contributed by atoms with E-state index < -0.39 is 0 Å². The summed E-state index contributed by atoms with van der Waals surface area (Å²) in [4.78, 5) is 0. The first-order valence-corrected chi connectivity index (χ1v) is 2.60. The fraction of sp³-hybridized carbons (Fsp3) is 0.200. The molecule has 0 aliphatic carbocycles. The van der Waals surface area contributed by atoms with E-state index in [0.717, 1.165) is 5.56 Å². The van der Waals surface area contributed by atoms with E-state index >= 15 is 0 Å². The molecule has 0 atom stereocenters. The van der Waals surface area contributed by atoms with Crippen molar-refractivity contribution < 1.29 is 4.42 Å². The van der Waals surface area contributed by atoms with Crippen molar-refractivity contribution >= 4 is 12.6 Å². The van der Waals surface area contributed by atoms with Gasteiger partial charge in [-0.2, -0.15) is 0 Å². The van der Waals surface area contributed by atoms with Crippen molar-refractivity contribution in [2.24, 2.45) is 0 Å². The van der Waals surface area contributed by atoms with Crippen LogP contribution in [0, 0.1) is 0 Å². The number of hydrogen-bond donors (Lipinski definition) is 0. The van der Waals surface area contributed by atoms with E-state index in [1.54, 1.807) is 12.5 Å². The second-order valence-corrected chi connectivity index (χ2v) is 1.56. The Morgan fingerprint density at radius 3 is 2.86 bits per heavy atom. The Hall–Kier alpha value is -0.370. The van der Waals surface area contributed by atoms with Gasteiger partial charge in [0, 0.05) is 11.3 Å². The van der Waals surface area contributed by atoms with Crippen LogP contribution in [0.4, 0.5) is 0 Å². The lowest BCUT2D eigenvalue weighted by Gasteiger charge is -1.75. The lowest BCUT2D eigenvalue weighted by atomic mass is 10.4. The third-order valence-electron chi connectivity index (χ3n) is 0.747. The van der Waals surface area contributed by atoms with Gasteiger partial charge in [0.05, 0.1) is 12.5 Å². The molecule has 0 fully saturated rings. The highest BCUT2D eigenvalue weighted by Gasteiger charge is 1.85. The van der Waals surface area contributed by atoms with Crippen LogP contribution in [0.2, 0.25) is 0 Å². The summed E-state index contributed by atoms with van der Waals surface area (Å²) in [7, 11) is 0. The van der Waals surface area contributed by atoms with Crippen LogP contribution >= 0.6 is 12.6 Å². The maximum Gasteiger partial charge on any atom is 0.0943 e. The van der Waals surface area contributed by atoms with E-state index in [1.807, 2.05) is 6.07 Å². The molecule has 1 aromatic heterocycles. The molecule has 0 bridgehead atoms. The molecule has 0 aliphatic heterocycles. The van der Waals surface area contributed by atoms with Gasteiger partial charge >= 0.3 is 0 Å². The van der Waals surface area contributed by atoms with Gasteiger partial charge in [0.15, 0.2) is 0 Å². The molecule has 0 N–H and O–H groups in total. The molecule has 0 aliphatic rings. The normalized spacial score (nSPS) is 9.29. The second kappa shape index (κ2) is 2.07. The Kier molecular flexibility index (Phi) is 1.42. The van der Waals surface area contributed by atoms with E-state index in [4.69, 9.17) is 17.0 Å². The van der Waals surface area contributed by atoms with Gasteiger partial charge in [-0.3, -0.25) is 0 Å². The molecule has 1 radical (unpaired) electrons. The molecule has 0 unspecified atom stereocenters. The standard InChI is InChI=1S/C5H5OS/c7-4-5-1-2-6-3-5/h1-3H,4H2. The summed E-state index contributed by atoms with van der Waals surface area (Å²) in [5.41, 5.74) is 1.08. The van der Waals surface area contributed by atoms with Crippen LogP contribution < -0.4 is 0 Å². The van der Waals surface area contributed by atoms with Crippen molar-refractivity contribution in [2.75, 3.05) is 0 Å². The Labute approximate surface area is 47.7 Å². The van der Waals surface area contributed by atoms with Gasteiger partial charge in [-0.15, -0.1) is 0 Å². The van der Waals surface area contributed by atoms with Gasteiger partial charge in [-0.25, -0.2) is 0 Å². The maximum atomic E-state index is 4.74. The largest absolute Gasteiger partial charge is 0.472 e. The minimum atomic E-state index is 0.649. The molecule has 0 spiro atoms. The van der Waals surface area contributed by atoms with Crippen LogP contribution in [0.25, 0.3) is 0 Å². The topological polar surface area (TPSA) is 13.1 Å². The summed E-state index contributed by atoms with van der Waals surface area (Å²) in [5.74, 6) is 0.649. The molecule has 1 nitrogen and oxygen atoms in total. The third kappa shape index (κ3) is 0.996. The van der Waals surface area contributed by atoms with Crippen molar-refractivity contribution in [3.8, 4) is 0 Å². The summed E-state index contributed by atoms with van der Waals surface area (Å²) in [5, 5.41) is 0. The second-order valence-electron chi connectivity index (χ2n) is 1.28. The summed E-state index contributed by atoms with van der Waals surface area (Å²) >= 11 is 4.71. The molecular formula is C5H5OS. The zero-order chi connectivity index (χ0) is 5.11. The number of hydrogen-bond acceptors (Lipinski definition) is 1. The minimum absolute atomic E-state index is 0.649. The van der Waals surface area contributed by atoms with Crippen molar-refractivity contribution in [1.82, 2.24) is 0 Å². The summed E-state index contributed by atoms with van der Waals surface area (Å²) in [6.07, 6.45) is 3.29. The van der Waals surface area contributed by atoms with Crippen LogP contribution in [0.15, 0.2) is 23.0 Å². The predicted octanol–water partition coefficient (Wildman–Crippen LogP) is 1.98. The first kappa shape index (κ1) is 4.78. The van der Waals surface area contributed by atoms with Gasteiger partial charge < -0.3 is 4.42 Å². The smallest absolute Gasteiger partial charge is 0.0943 e. The quantitative estimate of drug-likeness (QED) is 0.542. The summed E-state index contributed by atoms with van der Waals surface area (Å²) in [6.45, 7) is 0. The van der Waals surface area contributed by atoms with Gasteiger partial charge in [-0.05, 0) is 6.07 Å². The first-order valence-electron chi connectivity index (χ1n) is 2.02. The van der Waals surface area contributed by atoms with Crippen LogP contribution in [-0.4, -0.2) is 0 Å². The minimum Gasteiger partial charge on any atom is -0.472 e. The Bertz CT molecular complexity index is 123. The molecule has 0 saturated heterocycles. The molecule has 2 heteroatoms. The zero-order valence-electron chi connectivity index (χ0n) is 3.76. The van der Waals surface area contributed by atoms with Crippen molar-refractivity contribution in [3.63, 3.8) is 0 Å². The Morgan fingerprint density at radius 1 is 1.71 bits per heavy atom.